The fraction of sp³-hybridized carbons (Fsp3) is 0.0435. The summed E-state index contributed by atoms with van der Waals surface area (Å²) in [6.45, 7) is 0. The molecule has 33 heavy (non-hydrogen) atoms. The Morgan fingerprint density at radius 3 is 2.73 bits per heavy atom. The molecule has 5 nitrogen and oxygen atoms in total. The maximum absolute atomic E-state index is 12.9. The summed E-state index contributed by atoms with van der Waals surface area (Å²) in [5.74, 6) is -0.319. The van der Waals surface area contributed by atoms with Crippen LogP contribution in [0.5, 0.6) is 11.5 Å². The van der Waals surface area contributed by atoms with Gasteiger partial charge in [0.2, 0.25) is 5.88 Å². The molecule has 2 N–H and O–H groups in total. The summed E-state index contributed by atoms with van der Waals surface area (Å²) in [6.07, 6.45) is 0. The van der Waals surface area contributed by atoms with Gasteiger partial charge >= 0.3 is 5.97 Å². The molecule has 1 atom stereocenters. The maximum Gasteiger partial charge on any atom is 0.355 e. The number of hydrogen-bond acceptors (Lipinski definition) is 7. The monoisotopic (exact) mass is 532 g/mol. The van der Waals surface area contributed by atoms with Crippen LogP contribution in [0, 0.1) is 11.3 Å². The second-order valence-electron chi connectivity index (χ2n) is 7.04. The van der Waals surface area contributed by atoms with E-state index in [2.05, 4.69) is 6.07 Å². The smallest absolute Gasteiger partial charge is 0.355 e. The molecule has 164 valence electrons. The third kappa shape index (κ3) is 3.84. The maximum atomic E-state index is 12.9. The average molecular weight is 534 g/mol. The van der Waals surface area contributed by atoms with Gasteiger partial charge in [0.15, 0.2) is 0 Å². The van der Waals surface area contributed by atoms with Gasteiger partial charge in [-0.2, -0.15) is 5.26 Å². The lowest BCUT2D eigenvalue weighted by molar-refractivity contribution is 0.0740. The van der Waals surface area contributed by atoms with Crippen molar-refractivity contribution in [1.82, 2.24) is 0 Å². The number of nitrogens with two attached hydrogens (primary N) is 1. The Morgan fingerprint density at radius 1 is 1.18 bits per heavy atom. The molecule has 1 aliphatic heterocycles. The molecule has 3 heterocycles. The molecular formula is C23H11Cl3N2O3S2. The number of ether oxygens (including phenoxy) is 2. The van der Waals surface area contributed by atoms with Crippen LogP contribution < -0.4 is 15.2 Å². The molecular weight excluding hydrogens is 523 g/mol. The van der Waals surface area contributed by atoms with E-state index < -0.39 is 5.97 Å². The predicted molar refractivity (Wildman–Crippen MR) is 132 cm³/mol. The van der Waals surface area contributed by atoms with Crippen molar-refractivity contribution in [3.8, 4) is 17.6 Å². The van der Waals surface area contributed by atoms with Crippen LogP contribution >= 0.6 is 57.5 Å². The van der Waals surface area contributed by atoms with Gasteiger partial charge in [-0.25, -0.2) is 4.79 Å². The van der Waals surface area contributed by atoms with Gasteiger partial charge in [0.05, 0.1) is 16.0 Å². The summed E-state index contributed by atoms with van der Waals surface area (Å²) in [7, 11) is 0. The zero-order valence-electron chi connectivity index (χ0n) is 16.4. The number of esters is 1. The first-order valence-electron chi connectivity index (χ1n) is 9.41. The number of halogens is 3. The SMILES string of the molecule is N#CC1=C(N)Oc2cc(OC(=O)c3sc4cc(Cl)cc(Cl)c4c3Cl)ccc2C1c1cccs1. The van der Waals surface area contributed by atoms with E-state index in [0.717, 1.165) is 21.8 Å². The highest BCUT2D eigenvalue weighted by molar-refractivity contribution is 7.21. The van der Waals surface area contributed by atoms with Crippen molar-refractivity contribution >= 4 is 73.5 Å². The van der Waals surface area contributed by atoms with Gasteiger partial charge in [-0.05, 0) is 29.6 Å². The first-order chi connectivity index (χ1) is 15.9. The standard InChI is InChI=1S/C23H11Cl3N2O3S2/c24-10-6-14(25)19-17(7-10)33-21(20(19)26)23(29)30-11-3-4-12-15(8-11)31-22(28)13(9-27)18(12)16-2-1-5-32-16/h1-8,18H,28H2. The minimum absolute atomic E-state index is 0.0194. The van der Waals surface area contributed by atoms with Crippen molar-refractivity contribution < 1.29 is 14.3 Å². The number of carbonyl (C=O) groups excluding carboxylic acids is 1. The average Bonchev–Trinajstić information content (AvgIpc) is 3.40. The minimum Gasteiger partial charge on any atom is -0.440 e. The molecule has 0 amide bonds. The fourth-order valence-corrected chi connectivity index (χ4v) is 6.74. The number of carbonyl (C=O) groups is 1. The van der Waals surface area contributed by atoms with Gasteiger partial charge < -0.3 is 15.2 Å². The summed E-state index contributed by atoms with van der Waals surface area (Å²) in [6, 6.07) is 14.2. The van der Waals surface area contributed by atoms with Gasteiger partial charge in [-0.15, -0.1) is 22.7 Å². The molecule has 0 radical (unpaired) electrons. The van der Waals surface area contributed by atoms with Crippen LogP contribution in [0.3, 0.4) is 0 Å². The van der Waals surface area contributed by atoms with Gasteiger partial charge in [-0.3, -0.25) is 0 Å². The first kappa shape index (κ1) is 22.1. The molecule has 0 saturated carbocycles. The van der Waals surface area contributed by atoms with E-state index >= 15 is 0 Å². The van der Waals surface area contributed by atoms with Crippen molar-refractivity contribution in [2.45, 2.75) is 5.92 Å². The van der Waals surface area contributed by atoms with E-state index in [1.54, 1.807) is 30.3 Å². The minimum atomic E-state index is -0.639. The zero-order chi connectivity index (χ0) is 23.3. The van der Waals surface area contributed by atoms with Crippen molar-refractivity contribution in [3.63, 3.8) is 0 Å². The zero-order valence-corrected chi connectivity index (χ0v) is 20.3. The number of fused-ring (bicyclic) bond motifs is 2. The van der Waals surface area contributed by atoms with Crippen molar-refractivity contribution in [1.29, 1.82) is 5.26 Å². The van der Waals surface area contributed by atoms with Gasteiger partial charge in [-0.1, -0.05) is 46.9 Å². The van der Waals surface area contributed by atoms with Crippen LogP contribution in [0.1, 0.15) is 26.0 Å². The van der Waals surface area contributed by atoms with Gasteiger partial charge in [0.25, 0.3) is 0 Å². The van der Waals surface area contributed by atoms with E-state index in [1.165, 1.54) is 11.3 Å². The molecule has 2 aromatic heterocycles. The molecule has 0 saturated heterocycles. The second-order valence-corrected chi connectivity index (χ2v) is 10.3. The van der Waals surface area contributed by atoms with Crippen LogP contribution in [0.25, 0.3) is 10.1 Å². The number of allylic oxidation sites excluding steroid dienone is 1. The lowest BCUT2D eigenvalue weighted by atomic mass is 9.88. The Kier molecular flexibility index (Phi) is 5.73. The van der Waals surface area contributed by atoms with Crippen LogP contribution in [0.4, 0.5) is 0 Å². The van der Waals surface area contributed by atoms with Crippen molar-refractivity contribution in [2.75, 3.05) is 0 Å². The van der Waals surface area contributed by atoms with Crippen LogP contribution in [0.2, 0.25) is 15.1 Å². The van der Waals surface area contributed by atoms with Gasteiger partial charge in [0.1, 0.15) is 28.0 Å². The first-order valence-corrected chi connectivity index (χ1v) is 12.2. The topological polar surface area (TPSA) is 85.3 Å². The lowest BCUT2D eigenvalue weighted by Gasteiger charge is -2.25. The number of hydrogen-bond donors (Lipinski definition) is 1. The molecule has 0 bridgehead atoms. The third-order valence-electron chi connectivity index (χ3n) is 5.06. The van der Waals surface area contributed by atoms with Crippen molar-refractivity contribution in [2.24, 2.45) is 5.73 Å². The highest BCUT2D eigenvalue weighted by Crippen LogP contribution is 2.45. The summed E-state index contributed by atoms with van der Waals surface area (Å²) >= 11 is 21.4. The Labute approximate surface area is 211 Å². The molecule has 10 heteroatoms. The molecule has 0 fully saturated rings. The molecule has 1 aliphatic rings. The van der Waals surface area contributed by atoms with E-state index in [1.807, 2.05) is 17.5 Å². The van der Waals surface area contributed by atoms with Gasteiger partial charge in [0, 0.05) is 31.6 Å². The lowest BCUT2D eigenvalue weighted by Crippen LogP contribution is -2.20. The van der Waals surface area contributed by atoms with Crippen molar-refractivity contribution in [3.05, 3.63) is 89.7 Å². The number of rotatable bonds is 3. The third-order valence-corrected chi connectivity index (χ3v) is 8.12. The molecule has 1 unspecified atom stereocenters. The van der Waals surface area contributed by atoms with Crippen LogP contribution in [-0.2, 0) is 0 Å². The molecule has 4 aromatic rings. The van der Waals surface area contributed by atoms with Crippen LogP contribution in [-0.4, -0.2) is 5.97 Å². The normalized spacial score (nSPS) is 15.2. The van der Waals surface area contributed by atoms with E-state index in [9.17, 15) is 10.1 Å². The number of nitrogens with zero attached hydrogens (tertiary/aromatic N) is 1. The van der Waals surface area contributed by atoms with E-state index in [-0.39, 0.29) is 27.5 Å². The molecule has 0 aliphatic carbocycles. The number of thiophene rings is 2. The van der Waals surface area contributed by atoms with E-state index in [0.29, 0.717) is 31.5 Å². The molecule has 5 rings (SSSR count). The van der Waals surface area contributed by atoms with E-state index in [4.69, 9.17) is 50.0 Å². The second kappa shape index (κ2) is 8.56. The number of benzene rings is 2. The summed E-state index contributed by atoms with van der Waals surface area (Å²) < 4.78 is 11.9. The Morgan fingerprint density at radius 2 is 2.00 bits per heavy atom. The summed E-state index contributed by atoms with van der Waals surface area (Å²) in [4.78, 5) is 14.1. The quantitative estimate of drug-likeness (QED) is 0.220. The van der Waals surface area contributed by atoms with Crippen LogP contribution in [0.15, 0.2) is 59.3 Å². The Balaban J connectivity index is 1.49. The Bertz CT molecular complexity index is 1500. The highest BCUT2D eigenvalue weighted by atomic mass is 35.5. The molecule has 2 aromatic carbocycles. The Hall–Kier alpha value is -2.73. The summed E-state index contributed by atoms with van der Waals surface area (Å²) in [5.41, 5.74) is 7.11. The fourth-order valence-electron chi connectivity index (χ4n) is 3.64. The predicted octanol–water partition coefficient (Wildman–Crippen LogP) is 7.36. The summed E-state index contributed by atoms with van der Waals surface area (Å²) in [5, 5.41) is 13.1. The number of nitriles is 1. The highest BCUT2D eigenvalue weighted by Gasteiger charge is 2.32. The largest absolute Gasteiger partial charge is 0.440 e. The molecule has 0 spiro atoms.